The third-order valence-electron chi connectivity index (χ3n) is 3.82. The van der Waals surface area contributed by atoms with E-state index in [1.807, 2.05) is 0 Å². The van der Waals surface area contributed by atoms with Crippen LogP contribution in [0.5, 0.6) is 0 Å². The molecule has 0 bridgehead atoms. The Hall–Kier alpha value is -1.74. The number of halogens is 3. The van der Waals surface area contributed by atoms with E-state index in [0.717, 1.165) is 25.7 Å². The maximum absolute atomic E-state index is 12.9. The van der Waals surface area contributed by atoms with E-state index in [-0.39, 0.29) is 5.56 Å². The summed E-state index contributed by atoms with van der Waals surface area (Å²) in [6.45, 7) is 3.64. The molecule has 1 aromatic carbocycles. The molecule has 2 rings (SSSR count). The summed E-state index contributed by atoms with van der Waals surface area (Å²) < 4.78 is 38.8. The van der Waals surface area contributed by atoms with Crippen LogP contribution in [0.4, 0.5) is 18.9 Å². The number of hydrogen-bond donors (Lipinski definition) is 0. The molecule has 0 spiro atoms. The van der Waals surface area contributed by atoms with Crippen molar-refractivity contribution in [3.8, 4) is 6.07 Å². The molecule has 1 fully saturated rings. The normalized spacial score (nSPS) is 16.0. The number of anilines is 1. The van der Waals surface area contributed by atoms with Crippen molar-refractivity contribution in [1.29, 1.82) is 5.26 Å². The lowest BCUT2D eigenvalue weighted by Gasteiger charge is -2.24. The molecule has 21 heavy (non-hydrogen) atoms. The molecule has 1 heterocycles. The largest absolute Gasteiger partial charge is 0.417 e. The quantitative estimate of drug-likeness (QED) is 0.855. The first-order valence-corrected chi connectivity index (χ1v) is 6.96. The van der Waals surface area contributed by atoms with Crippen LogP contribution in [-0.2, 0) is 6.18 Å². The first kappa shape index (κ1) is 15.6. The topological polar surface area (TPSA) is 30.3 Å². The monoisotopic (exact) mass is 297 g/mol. The molecule has 0 aliphatic carbocycles. The van der Waals surface area contributed by atoms with E-state index in [0.29, 0.717) is 12.2 Å². The average Bonchev–Trinajstić information content (AvgIpc) is 2.96. The predicted molar refractivity (Wildman–Crippen MR) is 75.1 cm³/mol. The Bertz CT molecular complexity index is 528. The highest BCUT2D eigenvalue weighted by Crippen LogP contribution is 2.34. The third-order valence-corrected chi connectivity index (χ3v) is 3.82. The highest BCUT2D eigenvalue weighted by molar-refractivity contribution is 5.54. The van der Waals surface area contributed by atoms with Crippen molar-refractivity contribution in [2.24, 2.45) is 0 Å². The smallest absolute Gasteiger partial charge is 0.373 e. The fourth-order valence-corrected chi connectivity index (χ4v) is 2.53. The van der Waals surface area contributed by atoms with Gasteiger partial charge in [0.15, 0.2) is 0 Å². The van der Waals surface area contributed by atoms with Crippen molar-refractivity contribution < 1.29 is 13.2 Å². The lowest BCUT2D eigenvalue weighted by atomic mass is 10.1. The summed E-state index contributed by atoms with van der Waals surface area (Å²) in [5.41, 5.74) is -0.713. The highest BCUT2D eigenvalue weighted by Gasteiger charge is 2.34. The highest BCUT2D eigenvalue weighted by atomic mass is 19.4. The molecular formula is C15H18F3N3. The molecule has 1 saturated heterocycles. The van der Waals surface area contributed by atoms with Gasteiger partial charge in [0.2, 0.25) is 0 Å². The van der Waals surface area contributed by atoms with Crippen LogP contribution >= 0.6 is 0 Å². The summed E-state index contributed by atoms with van der Waals surface area (Å²) in [5, 5.41) is 8.79. The zero-order chi connectivity index (χ0) is 15.5. The van der Waals surface area contributed by atoms with Crippen LogP contribution in [0.15, 0.2) is 18.2 Å². The Kier molecular flexibility index (Phi) is 4.73. The van der Waals surface area contributed by atoms with Gasteiger partial charge in [-0.3, -0.25) is 0 Å². The summed E-state index contributed by atoms with van der Waals surface area (Å²) in [6, 6.07) is 5.46. The van der Waals surface area contributed by atoms with Crippen LogP contribution in [0.3, 0.4) is 0 Å². The van der Waals surface area contributed by atoms with Crippen molar-refractivity contribution in [2.75, 3.05) is 38.1 Å². The Morgan fingerprint density at radius 2 is 1.95 bits per heavy atom. The summed E-state index contributed by atoms with van der Waals surface area (Å²) in [6.07, 6.45) is -2.12. The van der Waals surface area contributed by atoms with Crippen LogP contribution in [0.2, 0.25) is 0 Å². The van der Waals surface area contributed by atoms with Crippen LogP contribution in [0.25, 0.3) is 0 Å². The molecule has 6 heteroatoms. The molecular weight excluding hydrogens is 279 g/mol. The fourth-order valence-electron chi connectivity index (χ4n) is 2.53. The third kappa shape index (κ3) is 3.88. The Balaban J connectivity index is 2.10. The average molecular weight is 297 g/mol. The lowest BCUT2D eigenvalue weighted by Crippen LogP contribution is -2.31. The van der Waals surface area contributed by atoms with E-state index >= 15 is 0 Å². The second-order valence-corrected chi connectivity index (χ2v) is 5.31. The molecule has 0 radical (unpaired) electrons. The summed E-state index contributed by atoms with van der Waals surface area (Å²) in [7, 11) is 1.78. The standard InChI is InChI=1S/C15H18F3N3/c1-20(8-9-21-6-2-3-7-21)13-5-4-12(11-19)14(10-13)15(16,17)18/h4-5,10H,2-3,6-9H2,1H3. The SMILES string of the molecule is CN(CCN1CCCC1)c1ccc(C#N)c(C(F)(F)F)c1. The van der Waals surface area contributed by atoms with Gasteiger partial charge in [-0.1, -0.05) is 0 Å². The van der Waals surface area contributed by atoms with E-state index < -0.39 is 11.7 Å². The number of alkyl halides is 3. The lowest BCUT2D eigenvalue weighted by molar-refractivity contribution is -0.137. The van der Waals surface area contributed by atoms with E-state index in [4.69, 9.17) is 5.26 Å². The van der Waals surface area contributed by atoms with Gasteiger partial charge >= 0.3 is 6.18 Å². The van der Waals surface area contributed by atoms with Gasteiger partial charge in [-0.25, -0.2) is 0 Å². The Labute approximate surface area is 122 Å². The summed E-state index contributed by atoms with van der Waals surface area (Å²) in [4.78, 5) is 4.11. The first-order chi connectivity index (χ1) is 9.91. The van der Waals surface area contributed by atoms with Gasteiger partial charge in [0.1, 0.15) is 0 Å². The van der Waals surface area contributed by atoms with Crippen LogP contribution < -0.4 is 4.90 Å². The van der Waals surface area contributed by atoms with Gasteiger partial charge in [-0.15, -0.1) is 0 Å². The maximum atomic E-state index is 12.9. The number of likely N-dealkylation sites (tertiary alicyclic amines) is 1. The van der Waals surface area contributed by atoms with Gasteiger partial charge in [0, 0.05) is 25.8 Å². The first-order valence-electron chi connectivity index (χ1n) is 6.96. The second kappa shape index (κ2) is 6.35. The molecule has 1 aliphatic rings. The van der Waals surface area contributed by atoms with E-state index in [1.54, 1.807) is 24.1 Å². The molecule has 0 amide bonds. The van der Waals surface area contributed by atoms with E-state index in [9.17, 15) is 13.2 Å². The molecule has 0 N–H and O–H groups in total. The number of nitrogens with zero attached hydrogens (tertiary/aromatic N) is 3. The predicted octanol–water partition coefficient (Wildman–Crippen LogP) is 3.11. The number of nitriles is 1. The Morgan fingerprint density at radius 1 is 1.29 bits per heavy atom. The zero-order valence-electron chi connectivity index (χ0n) is 12.0. The van der Waals surface area contributed by atoms with E-state index in [1.165, 1.54) is 18.9 Å². The minimum Gasteiger partial charge on any atom is -0.373 e. The van der Waals surface area contributed by atoms with Crippen molar-refractivity contribution in [3.63, 3.8) is 0 Å². The minimum absolute atomic E-state index is 0.334. The van der Waals surface area contributed by atoms with Crippen molar-refractivity contribution in [1.82, 2.24) is 4.90 Å². The molecule has 0 saturated carbocycles. The Morgan fingerprint density at radius 3 is 2.52 bits per heavy atom. The maximum Gasteiger partial charge on any atom is 0.417 e. The molecule has 0 aromatic heterocycles. The van der Waals surface area contributed by atoms with Crippen molar-refractivity contribution >= 4 is 5.69 Å². The fraction of sp³-hybridized carbons (Fsp3) is 0.533. The van der Waals surface area contributed by atoms with Crippen molar-refractivity contribution in [2.45, 2.75) is 19.0 Å². The molecule has 114 valence electrons. The molecule has 0 atom stereocenters. The zero-order valence-corrected chi connectivity index (χ0v) is 12.0. The molecule has 3 nitrogen and oxygen atoms in total. The van der Waals surface area contributed by atoms with Crippen LogP contribution in [0, 0.1) is 11.3 Å². The number of benzene rings is 1. The number of likely N-dealkylation sites (N-methyl/N-ethyl adjacent to an activating group) is 1. The van der Waals surface area contributed by atoms with Crippen LogP contribution in [0.1, 0.15) is 24.0 Å². The molecule has 1 aliphatic heterocycles. The second-order valence-electron chi connectivity index (χ2n) is 5.31. The van der Waals surface area contributed by atoms with Gasteiger partial charge < -0.3 is 9.80 Å². The van der Waals surface area contributed by atoms with Crippen LogP contribution in [-0.4, -0.2) is 38.1 Å². The number of hydrogen-bond acceptors (Lipinski definition) is 3. The number of rotatable bonds is 4. The molecule has 1 aromatic rings. The summed E-state index contributed by atoms with van der Waals surface area (Å²) >= 11 is 0. The van der Waals surface area contributed by atoms with Gasteiger partial charge in [0.05, 0.1) is 17.2 Å². The van der Waals surface area contributed by atoms with Gasteiger partial charge in [0.25, 0.3) is 0 Å². The summed E-state index contributed by atoms with van der Waals surface area (Å²) in [5.74, 6) is 0. The van der Waals surface area contributed by atoms with Gasteiger partial charge in [-0.2, -0.15) is 18.4 Å². The van der Waals surface area contributed by atoms with E-state index in [2.05, 4.69) is 4.90 Å². The molecule has 0 unspecified atom stereocenters. The minimum atomic E-state index is -4.50. The van der Waals surface area contributed by atoms with Crippen molar-refractivity contribution in [3.05, 3.63) is 29.3 Å². The van der Waals surface area contributed by atoms with Gasteiger partial charge in [-0.05, 0) is 44.1 Å².